The first-order valence-electron chi connectivity index (χ1n) is 7.94. The monoisotopic (exact) mass is 412 g/mol. The third-order valence-corrected chi connectivity index (χ3v) is 6.27. The molecule has 0 saturated heterocycles. The molecule has 0 aliphatic heterocycles. The van der Waals surface area contributed by atoms with Crippen LogP contribution in [-0.2, 0) is 0 Å². The minimum absolute atomic E-state index is 0. The summed E-state index contributed by atoms with van der Waals surface area (Å²) in [4.78, 5) is 2.31. The molecule has 0 aliphatic carbocycles. The van der Waals surface area contributed by atoms with Gasteiger partial charge in [0.2, 0.25) is 0 Å². The number of hydrogen-bond acceptors (Lipinski definition) is 4. The quantitative estimate of drug-likeness (QED) is 0.271. The van der Waals surface area contributed by atoms with Crippen LogP contribution in [0.5, 0.6) is 0 Å². The lowest BCUT2D eigenvalue weighted by Gasteiger charge is -1.96. The normalized spacial score (nSPS) is 11.1. The van der Waals surface area contributed by atoms with Gasteiger partial charge in [0.05, 0.1) is 0 Å². The van der Waals surface area contributed by atoms with Crippen molar-refractivity contribution in [3.63, 3.8) is 0 Å². The van der Waals surface area contributed by atoms with E-state index in [0.29, 0.717) is 0 Å². The molecule has 0 unspecified atom stereocenters. The summed E-state index contributed by atoms with van der Waals surface area (Å²) >= 11 is 3.42. The first kappa shape index (κ1) is 19.1. The van der Waals surface area contributed by atoms with Gasteiger partial charge < -0.3 is 11.5 Å². The predicted molar refractivity (Wildman–Crippen MR) is 122 cm³/mol. The molecule has 0 fully saturated rings. The van der Waals surface area contributed by atoms with Crippen LogP contribution in [0.2, 0.25) is 0 Å². The van der Waals surface area contributed by atoms with E-state index in [9.17, 15) is 0 Å². The van der Waals surface area contributed by atoms with Gasteiger partial charge in [-0.3, -0.25) is 10.8 Å². The molecule has 2 aromatic carbocycles. The fourth-order valence-electron chi connectivity index (χ4n) is 2.79. The van der Waals surface area contributed by atoms with Crippen LogP contribution in [0.3, 0.4) is 0 Å². The summed E-state index contributed by atoms with van der Waals surface area (Å²) in [5, 5.41) is 17.3. The average molecular weight is 413 g/mol. The van der Waals surface area contributed by atoms with E-state index in [-0.39, 0.29) is 24.1 Å². The fourth-order valence-corrected chi connectivity index (χ4v) is 4.69. The second-order valence-electron chi connectivity index (χ2n) is 5.96. The third-order valence-electron chi connectivity index (χ3n) is 4.10. The van der Waals surface area contributed by atoms with Crippen LogP contribution in [0.1, 0.15) is 20.9 Å². The number of fused-ring (bicyclic) bond motifs is 2. The van der Waals surface area contributed by atoms with Gasteiger partial charge in [-0.1, -0.05) is 0 Å². The Morgan fingerprint density at radius 2 is 1.11 bits per heavy atom. The highest BCUT2D eigenvalue weighted by Crippen LogP contribution is 2.31. The van der Waals surface area contributed by atoms with Gasteiger partial charge in [0.25, 0.3) is 0 Å². The van der Waals surface area contributed by atoms with Crippen LogP contribution < -0.4 is 11.5 Å². The number of rotatable bonds is 4. The van der Waals surface area contributed by atoms with Crippen LogP contribution >= 0.6 is 35.1 Å². The van der Waals surface area contributed by atoms with E-state index in [1.807, 2.05) is 36.4 Å². The Kier molecular flexibility index (Phi) is 5.32. The van der Waals surface area contributed by atoms with Crippen LogP contribution in [0.25, 0.3) is 32.3 Å². The number of hydrogen-bond donors (Lipinski definition) is 4. The van der Waals surface area contributed by atoms with Crippen LogP contribution in [0, 0.1) is 10.8 Å². The van der Waals surface area contributed by atoms with Crippen molar-refractivity contribution in [2.24, 2.45) is 11.5 Å². The summed E-state index contributed by atoms with van der Waals surface area (Å²) in [6, 6.07) is 15.9. The molecule has 2 aromatic heterocycles. The summed E-state index contributed by atoms with van der Waals surface area (Å²) < 4.78 is 2.36. The van der Waals surface area contributed by atoms with Gasteiger partial charge in [-0.2, -0.15) is 0 Å². The molecule has 0 spiro atoms. The fraction of sp³-hybridized carbons (Fsp3) is 0. The van der Waals surface area contributed by atoms with Crippen molar-refractivity contribution < 1.29 is 0 Å². The van der Waals surface area contributed by atoms with Gasteiger partial charge in [-0.15, -0.1) is 35.1 Å². The first-order valence-corrected chi connectivity index (χ1v) is 9.57. The zero-order chi connectivity index (χ0) is 18.3. The molecule has 0 saturated carbocycles. The summed E-state index contributed by atoms with van der Waals surface area (Å²) in [5.74, 6) is 0.177. The molecule has 0 radical (unpaired) electrons. The molecule has 136 valence electrons. The highest BCUT2D eigenvalue weighted by molar-refractivity contribution is 7.20. The molecule has 4 aromatic rings. The lowest BCUT2D eigenvalue weighted by Crippen LogP contribution is -2.10. The summed E-state index contributed by atoms with van der Waals surface area (Å²) in [6.45, 7) is 0. The predicted octanol–water partition coefficient (Wildman–Crippen LogP) is 5.28. The van der Waals surface area contributed by atoms with Crippen molar-refractivity contribution in [2.75, 3.05) is 0 Å². The zero-order valence-electron chi connectivity index (χ0n) is 14.2. The number of benzene rings is 2. The highest BCUT2D eigenvalue weighted by Gasteiger charge is 2.05. The van der Waals surface area contributed by atoms with Gasteiger partial charge >= 0.3 is 0 Å². The summed E-state index contributed by atoms with van der Waals surface area (Å²) in [6.07, 6.45) is 4.21. The third kappa shape index (κ3) is 3.88. The van der Waals surface area contributed by atoms with Crippen molar-refractivity contribution in [1.29, 1.82) is 10.8 Å². The number of nitrogen functional groups attached to an aromatic ring is 2. The largest absolute Gasteiger partial charge is 0.384 e. The molecule has 6 N–H and O–H groups in total. The second kappa shape index (κ2) is 7.52. The topological polar surface area (TPSA) is 99.7 Å². The number of nitrogens with two attached hydrogens (primary N) is 2. The van der Waals surface area contributed by atoms with Crippen LogP contribution in [0.4, 0.5) is 0 Å². The number of nitrogens with one attached hydrogen (secondary N) is 2. The maximum atomic E-state index is 7.55. The minimum Gasteiger partial charge on any atom is -0.384 e. The molecule has 0 amide bonds. The van der Waals surface area contributed by atoms with E-state index in [1.165, 1.54) is 9.40 Å². The van der Waals surface area contributed by atoms with Gasteiger partial charge in [0.1, 0.15) is 11.7 Å². The van der Waals surface area contributed by atoms with E-state index in [0.717, 1.165) is 31.7 Å². The maximum Gasteiger partial charge on any atom is 0.122 e. The lowest BCUT2D eigenvalue weighted by atomic mass is 10.1. The van der Waals surface area contributed by atoms with E-state index in [4.69, 9.17) is 22.3 Å². The van der Waals surface area contributed by atoms with Crippen molar-refractivity contribution in [2.45, 2.75) is 0 Å². The molecule has 0 atom stereocenters. The zero-order valence-corrected chi connectivity index (χ0v) is 16.6. The Balaban J connectivity index is 0.00000210. The molecule has 7 heteroatoms. The first-order chi connectivity index (χ1) is 12.5. The highest BCUT2D eigenvalue weighted by atomic mass is 35.5. The van der Waals surface area contributed by atoms with E-state index in [2.05, 4.69) is 24.3 Å². The molecule has 0 bridgehead atoms. The van der Waals surface area contributed by atoms with Crippen molar-refractivity contribution in [1.82, 2.24) is 0 Å². The molecular formula is C20H17ClN4S2. The maximum absolute atomic E-state index is 7.55. The van der Waals surface area contributed by atoms with E-state index >= 15 is 0 Å². The van der Waals surface area contributed by atoms with Crippen molar-refractivity contribution >= 4 is 79.1 Å². The Morgan fingerprint density at radius 1 is 0.704 bits per heavy atom. The van der Waals surface area contributed by atoms with Gasteiger partial charge in [-0.05, 0) is 71.5 Å². The Hall–Kier alpha value is -2.67. The molecule has 4 nitrogen and oxygen atoms in total. The second-order valence-corrected chi connectivity index (χ2v) is 8.19. The molecular weight excluding hydrogens is 396 g/mol. The van der Waals surface area contributed by atoms with E-state index in [1.54, 1.807) is 22.7 Å². The SMILES string of the molecule is Cl.N=C(N)c1ccc2sc(/C=C/c3cc4cc(C(=N)N)ccc4s3)cc2c1. The van der Waals surface area contributed by atoms with Gasteiger partial charge in [0.15, 0.2) is 0 Å². The van der Waals surface area contributed by atoms with Crippen molar-refractivity contribution in [3.05, 3.63) is 69.4 Å². The van der Waals surface area contributed by atoms with Gasteiger partial charge in [-0.25, -0.2) is 0 Å². The molecule has 0 aliphatic rings. The molecule has 27 heavy (non-hydrogen) atoms. The van der Waals surface area contributed by atoms with Crippen LogP contribution in [0.15, 0.2) is 48.5 Å². The number of halogens is 1. The van der Waals surface area contributed by atoms with Gasteiger partial charge in [0, 0.05) is 30.3 Å². The smallest absolute Gasteiger partial charge is 0.122 e. The summed E-state index contributed by atoms with van der Waals surface area (Å²) in [5.41, 5.74) is 12.6. The standard InChI is InChI=1S/C20H16N4S2.ClH/c21-19(22)11-1-5-17-13(7-11)9-15(25-17)3-4-16-10-14-8-12(20(23)24)2-6-18(14)26-16;/h1-10H,(H3,21,22)(H3,23,24);1H/b4-3+;. The van der Waals surface area contributed by atoms with E-state index < -0.39 is 0 Å². The van der Waals surface area contributed by atoms with Crippen LogP contribution in [-0.4, -0.2) is 11.7 Å². The average Bonchev–Trinajstić information content (AvgIpc) is 3.21. The minimum atomic E-state index is 0. The Morgan fingerprint density at radius 3 is 1.48 bits per heavy atom. The lowest BCUT2D eigenvalue weighted by molar-refractivity contribution is 1.43. The van der Waals surface area contributed by atoms with Crippen molar-refractivity contribution in [3.8, 4) is 0 Å². The number of thiophene rings is 2. The molecule has 2 heterocycles. The Bertz CT molecular complexity index is 1110. The molecule has 4 rings (SSSR count). The summed E-state index contributed by atoms with van der Waals surface area (Å²) in [7, 11) is 0. The Labute approximate surface area is 170 Å². The number of amidine groups is 2.